The molecule has 1 atom stereocenters. The Morgan fingerprint density at radius 2 is 1.87 bits per heavy atom. The van der Waals surface area contributed by atoms with Gasteiger partial charge in [0.15, 0.2) is 17.3 Å². The van der Waals surface area contributed by atoms with Crippen molar-refractivity contribution >= 4 is 28.4 Å². The number of aromatic hydroxyl groups is 2. The van der Waals surface area contributed by atoms with Crippen molar-refractivity contribution in [2.75, 3.05) is 6.54 Å². The molecule has 2 aromatic carbocycles. The molecule has 0 amide bonds. The predicted molar refractivity (Wildman–Crippen MR) is 137 cm³/mol. The van der Waals surface area contributed by atoms with Crippen LogP contribution in [0.1, 0.15) is 48.1 Å². The molecule has 2 aliphatic rings. The number of fused-ring (bicyclic) bond motifs is 4. The van der Waals surface area contributed by atoms with E-state index in [2.05, 4.69) is 10.3 Å². The number of phenolic OH excluding ortho intramolecular Hbond substituents is 2. The van der Waals surface area contributed by atoms with Gasteiger partial charge in [-0.1, -0.05) is 12.1 Å². The number of hydrogen-bond acceptors (Lipinski definition) is 9. The summed E-state index contributed by atoms with van der Waals surface area (Å²) >= 11 is 0. The first-order chi connectivity index (χ1) is 18.0. The number of ketones is 3. The Balaban J connectivity index is 1.51. The minimum atomic E-state index is -1.57. The molecule has 0 radical (unpaired) electrons. The SMILES string of the molecule is CC(=O)c1c(O)c(C)c(O)c2c1OC1=CC(=O)C(=C(C)NCCn3c(CO)nc4ccccc43)C(=O)[C@@]12C. The van der Waals surface area contributed by atoms with E-state index in [1.54, 1.807) is 6.92 Å². The number of para-hydroxylation sites is 2. The molecule has 0 spiro atoms. The number of phenols is 2. The number of carbonyl (C=O) groups excluding carboxylic acids is 3. The van der Waals surface area contributed by atoms with Crippen LogP contribution in [0.4, 0.5) is 0 Å². The van der Waals surface area contributed by atoms with Crippen LogP contribution in [0.25, 0.3) is 11.0 Å². The first kappa shape index (κ1) is 25.2. The Labute approximate surface area is 217 Å². The molecule has 1 aromatic heterocycles. The largest absolute Gasteiger partial charge is 0.507 e. The molecule has 4 N–H and O–H groups in total. The summed E-state index contributed by atoms with van der Waals surface area (Å²) in [6.45, 7) is 6.32. The number of imidazole rings is 1. The highest BCUT2D eigenvalue weighted by atomic mass is 16.5. The number of aliphatic hydroxyl groups excluding tert-OH is 1. The van der Waals surface area contributed by atoms with Crippen molar-refractivity contribution in [1.82, 2.24) is 14.9 Å². The molecule has 1 aliphatic carbocycles. The average Bonchev–Trinajstić information content (AvgIpc) is 3.38. The molecule has 0 saturated heterocycles. The number of hydrogen-bond donors (Lipinski definition) is 4. The molecule has 1 aliphatic heterocycles. The Morgan fingerprint density at radius 1 is 1.16 bits per heavy atom. The zero-order valence-electron chi connectivity index (χ0n) is 21.4. The summed E-state index contributed by atoms with van der Waals surface area (Å²) < 4.78 is 7.65. The maximum atomic E-state index is 13.9. The van der Waals surface area contributed by atoms with Crippen LogP contribution in [0.15, 0.2) is 47.4 Å². The van der Waals surface area contributed by atoms with Crippen molar-refractivity contribution < 1.29 is 34.4 Å². The van der Waals surface area contributed by atoms with Crippen molar-refractivity contribution in [3.63, 3.8) is 0 Å². The summed E-state index contributed by atoms with van der Waals surface area (Å²) in [6.07, 6.45) is 1.19. The molecule has 0 saturated carbocycles. The van der Waals surface area contributed by atoms with E-state index in [-0.39, 0.29) is 46.1 Å². The first-order valence-corrected chi connectivity index (χ1v) is 12.1. The van der Waals surface area contributed by atoms with Crippen LogP contribution in [0, 0.1) is 6.92 Å². The van der Waals surface area contributed by atoms with Crippen LogP contribution in [0.3, 0.4) is 0 Å². The molecule has 0 unspecified atom stereocenters. The fourth-order valence-electron chi connectivity index (χ4n) is 5.30. The van der Waals surface area contributed by atoms with E-state index in [0.29, 0.717) is 24.6 Å². The van der Waals surface area contributed by atoms with E-state index in [1.165, 1.54) is 26.8 Å². The van der Waals surface area contributed by atoms with Crippen LogP contribution in [-0.2, 0) is 28.2 Å². The van der Waals surface area contributed by atoms with E-state index in [9.17, 15) is 29.7 Å². The summed E-state index contributed by atoms with van der Waals surface area (Å²) in [5.41, 5.74) is 0.201. The van der Waals surface area contributed by atoms with Crippen LogP contribution in [-0.4, -0.2) is 48.8 Å². The number of aromatic nitrogens is 2. The van der Waals surface area contributed by atoms with Crippen LogP contribution in [0.5, 0.6) is 17.2 Å². The fourth-order valence-corrected chi connectivity index (χ4v) is 5.30. The normalized spacial score (nSPS) is 19.7. The minimum absolute atomic E-state index is 0.0145. The number of carbonyl (C=O) groups is 3. The van der Waals surface area contributed by atoms with Gasteiger partial charge in [0.05, 0.1) is 22.2 Å². The topological polar surface area (TPSA) is 151 Å². The van der Waals surface area contributed by atoms with E-state index in [1.807, 2.05) is 28.8 Å². The second kappa shape index (κ2) is 8.84. The zero-order chi connectivity index (χ0) is 27.5. The summed E-state index contributed by atoms with van der Waals surface area (Å²) in [6, 6.07) is 7.49. The summed E-state index contributed by atoms with van der Waals surface area (Å²) in [5, 5.41) is 34.3. The van der Waals surface area contributed by atoms with Crippen molar-refractivity contribution in [3.8, 4) is 17.2 Å². The molecule has 2 heterocycles. The number of allylic oxidation sites excluding steroid dienone is 4. The molecule has 10 nitrogen and oxygen atoms in total. The van der Waals surface area contributed by atoms with E-state index >= 15 is 0 Å². The molecule has 0 bridgehead atoms. The lowest BCUT2D eigenvalue weighted by Crippen LogP contribution is -2.41. The molecular formula is C28H27N3O7. The number of benzene rings is 2. The third-order valence-electron chi connectivity index (χ3n) is 7.36. The predicted octanol–water partition coefficient (Wildman–Crippen LogP) is 2.70. The number of aliphatic hydroxyl groups is 1. The summed E-state index contributed by atoms with van der Waals surface area (Å²) in [4.78, 5) is 43.7. The van der Waals surface area contributed by atoms with E-state index < -0.39 is 28.5 Å². The third-order valence-corrected chi connectivity index (χ3v) is 7.36. The Bertz CT molecular complexity index is 1630. The van der Waals surface area contributed by atoms with Gasteiger partial charge in [-0.15, -0.1) is 0 Å². The second-order valence-corrected chi connectivity index (χ2v) is 9.64. The molecule has 38 heavy (non-hydrogen) atoms. The lowest BCUT2D eigenvalue weighted by atomic mass is 9.70. The highest BCUT2D eigenvalue weighted by Gasteiger charge is 2.56. The van der Waals surface area contributed by atoms with Gasteiger partial charge in [0.25, 0.3) is 0 Å². The number of Topliss-reactive ketones (excluding diaryl/α,β-unsaturated/α-hetero) is 2. The average molecular weight is 518 g/mol. The molecule has 0 fully saturated rings. The van der Waals surface area contributed by atoms with Crippen LogP contribution >= 0.6 is 0 Å². The standard InChI is InChI=1S/C28H27N3O7/c1-13-24(35)22(15(3)33)26-23(25(13)36)28(4)19(38-26)11-18(34)21(27(28)37)14(2)29-9-10-31-17-8-6-5-7-16(17)30-20(31)12-32/h5-8,11,29,32,35-36H,9-10,12H2,1-4H3/t28-/m0/s1. The van der Waals surface area contributed by atoms with Gasteiger partial charge >= 0.3 is 0 Å². The fraction of sp³-hybridized carbons (Fsp3) is 0.286. The van der Waals surface area contributed by atoms with Gasteiger partial charge in [-0.05, 0) is 39.8 Å². The number of nitrogens with one attached hydrogen (secondary N) is 1. The third kappa shape index (κ3) is 3.44. The lowest BCUT2D eigenvalue weighted by molar-refractivity contribution is -0.123. The monoisotopic (exact) mass is 517 g/mol. The van der Waals surface area contributed by atoms with Crippen molar-refractivity contribution in [2.24, 2.45) is 0 Å². The summed E-state index contributed by atoms with van der Waals surface area (Å²) in [5.74, 6) is -2.12. The molecule has 3 aromatic rings. The second-order valence-electron chi connectivity index (χ2n) is 9.64. The summed E-state index contributed by atoms with van der Waals surface area (Å²) in [7, 11) is 0. The Hall–Kier alpha value is -4.44. The first-order valence-electron chi connectivity index (χ1n) is 12.1. The smallest absolute Gasteiger partial charge is 0.194 e. The van der Waals surface area contributed by atoms with E-state index in [4.69, 9.17) is 4.74 Å². The quantitative estimate of drug-likeness (QED) is 0.220. The molecule has 196 valence electrons. The van der Waals surface area contributed by atoms with Gasteiger partial charge in [0.1, 0.15) is 46.4 Å². The van der Waals surface area contributed by atoms with E-state index in [0.717, 1.165) is 11.0 Å². The van der Waals surface area contributed by atoms with Crippen LogP contribution in [0.2, 0.25) is 0 Å². The number of ether oxygens (including phenoxy) is 1. The Morgan fingerprint density at radius 3 is 2.55 bits per heavy atom. The van der Waals surface area contributed by atoms with Gasteiger partial charge in [-0.3, -0.25) is 14.4 Å². The molecule has 10 heteroatoms. The molecule has 5 rings (SSSR count). The van der Waals surface area contributed by atoms with Crippen LogP contribution < -0.4 is 10.1 Å². The maximum absolute atomic E-state index is 13.9. The van der Waals surface area contributed by atoms with Gasteiger partial charge < -0.3 is 29.9 Å². The minimum Gasteiger partial charge on any atom is -0.507 e. The highest BCUT2D eigenvalue weighted by molar-refractivity contribution is 6.31. The molecular weight excluding hydrogens is 490 g/mol. The van der Waals surface area contributed by atoms with Gasteiger partial charge in [0.2, 0.25) is 0 Å². The van der Waals surface area contributed by atoms with Crippen molar-refractivity contribution in [1.29, 1.82) is 0 Å². The van der Waals surface area contributed by atoms with Gasteiger partial charge in [0, 0.05) is 30.4 Å². The van der Waals surface area contributed by atoms with Gasteiger partial charge in [-0.2, -0.15) is 0 Å². The van der Waals surface area contributed by atoms with Crippen molar-refractivity contribution in [2.45, 2.75) is 46.3 Å². The number of nitrogens with zero attached hydrogens (tertiary/aromatic N) is 2. The van der Waals surface area contributed by atoms with Crippen molar-refractivity contribution in [3.05, 3.63) is 69.9 Å². The zero-order valence-corrected chi connectivity index (χ0v) is 21.4. The maximum Gasteiger partial charge on any atom is 0.194 e. The highest BCUT2D eigenvalue weighted by Crippen LogP contribution is 2.57. The van der Waals surface area contributed by atoms with Gasteiger partial charge in [-0.25, -0.2) is 4.98 Å². The number of rotatable bonds is 6. The lowest BCUT2D eigenvalue weighted by Gasteiger charge is -2.29. The Kier molecular flexibility index (Phi) is 5.87.